The number of ether oxygens (including phenoxy) is 2. The fraction of sp³-hybridized carbons (Fsp3) is 0.304. The predicted molar refractivity (Wildman–Crippen MR) is 124 cm³/mol. The number of morpholine rings is 1. The monoisotopic (exact) mass is 433 g/mol. The number of benzene rings is 1. The van der Waals surface area contributed by atoms with Crippen LogP contribution >= 0.6 is 0 Å². The van der Waals surface area contributed by atoms with Crippen LogP contribution in [0.5, 0.6) is 0 Å². The van der Waals surface area contributed by atoms with Crippen LogP contribution in [0.1, 0.15) is 11.3 Å². The van der Waals surface area contributed by atoms with Gasteiger partial charge >= 0.3 is 0 Å². The Bertz CT molecular complexity index is 1000. The van der Waals surface area contributed by atoms with Gasteiger partial charge in [-0.3, -0.25) is 0 Å². The van der Waals surface area contributed by atoms with Crippen LogP contribution in [0.3, 0.4) is 0 Å². The molecule has 0 bridgehead atoms. The zero-order chi connectivity index (χ0) is 22.6. The molecule has 0 saturated carbocycles. The van der Waals surface area contributed by atoms with Gasteiger partial charge in [0.1, 0.15) is 17.7 Å². The van der Waals surface area contributed by atoms with Gasteiger partial charge in [0.15, 0.2) is 5.69 Å². The van der Waals surface area contributed by atoms with Crippen LogP contribution in [0.4, 0.5) is 17.3 Å². The Kier molecular flexibility index (Phi) is 8.89. The van der Waals surface area contributed by atoms with Crippen LogP contribution < -0.4 is 16.0 Å². The van der Waals surface area contributed by atoms with Gasteiger partial charge in [-0.15, -0.1) is 0 Å². The van der Waals surface area contributed by atoms with Gasteiger partial charge in [0, 0.05) is 50.8 Å². The zero-order valence-corrected chi connectivity index (χ0v) is 18.3. The second-order valence-corrected chi connectivity index (χ2v) is 6.88. The summed E-state index contributed by atoms with van der Waals surface area (Å²) in [6.07, 6.45) is 4.72. The maximum Gasteiger partial charge on any atom is 0.158 e. The molecular weight excluding hydrogens is 406 g/mol. The Morgan fingerprint density at radius 2 is 1.81 bits per heavy atom. The molecule has 2 aromatic heterocycles. The molecule has 9 heteroatoms. The van der Waals surface area contributed by atoms with E-state index in [2.05, 4.69) is 30.9 Å². The van der Waals surface area contributed by atoms with Crippen LogP contribution in [0, 0.1) is 11.3 Å². The van der Waals surface area contributed by atoms with E-state index in [4.69, 9.17) is 14.7 Å². The highest BCUT2D eigenvalue weighted by Crippen LogP contribution is 2.30. The Hall–Kier alpha value is -3.58. The highest BCUT2D eigenvalue weighted by atomic mass is 16.5. The fourth-order valence-electron chi connectivity index (χ4n) is 3.01. The number of methoxy groups -OCH3 is 1. The van der Waals surface area contributed by atoms with Gasteiger partial charge in [-0.25, -0.2) is 15.0 Å². The first kappa shape index (κ1) is 23.1. The van der Waals surface area contributed by atoms with E-state index < -0.39 is 0 Å². The lowest BCUT2D eigenvalue weighted by atomic mass is 10.0. The summed E-state index contributed by atoms with van der Waals surface area (Å²) in [6.45, 7) is 4.42. The lowest BCUT2D eigenvalue weighted by molar-refractivity contribution is 0.109. The van der Waals surface area contributed by atoms with Crippen molar-refractivity contribution in [1.82, 2.24) is 20.3 Å². The first-order chi connectivity index (χ1) is 15.7. The number of aromatic nitrogens is 3. The summed E-state index contributed by atoms with van der Waals surface area (Å²) in [5.74, 6) is 1.16. The average Bonchev–Trinajstić information content (AvgIpc) is 2.87. The quantitative estimate of drug-likeness (QED) is 0.539. The number of hydrogen-bond donors (Lipinski definition) is 3. The van der Waals surface area contributed by atoms with Crippen LogP contribution in [0.25, 0.3) is 11.1 Å². The van der Waals surface area contributed by atoms with Crippen LogP contribution in [0.15, 0.2) is 48.9 Å². The van der Waals surface area contributed by atoms with Crippen molar-refractivity contribution in [3.63, 3.8) is 0 Å². The van der Waals surface area contributed by atoms with Gasteiger partial charge in [-0.1, -0.05) is 24.3 Å². The number of nitrogens with zero attached hydrogens (tertiary/aromatic N) is 4. The smallest absolute Gasteiger partial charge is 0.158 e. The summed E-state index contributed by atoms with van der Waals surface area (Å²) >= 11 is 0. The first-order valence-corrected chi connectivity index (χ1v) is 10.3. The van der Waals surface area contributed by atoms with Gasteiger partial charge in [-0.05, 0) is 11.1 Å². The van der Waals surface area contributed by atoms with Gasteiger partial charge in [0.2, 0.25) is 0 Å². The molecule has 9 nitrogen and oxygen atoms in total. The molecule has 1 aliphatic rings. The predicted octanol–water partition coefficient (Wildman–Crippen LogP) is 2.95. The second-order valence-electron chi connectivity index (χ2n) is 6.88. The highest BCUT2D eigenvalue weighted by molar-refractivity contribution is 5.79. The molecule has 1 aromatic carbocycles. The van der Waals surface area contributed by atoms with Crippen molar-refractivity contribution in [1.29, 1.82) is 5.26 Å². The Labute approximate surface area is 187 Å². The first-order valence-electron chi connectivity index (χ1n) is 10.3. The van der Waals surface area contributed by atoms with E-state index in [1.54, 1.807) is 13.3 Å². The third-order valence-corrected chi connectivity index (χ3v) is 4.62. The molecule has 0 aliphatic carbocycles. The van der Waals surface area contributed by atoms with E-state index in [1.165, 1.54) is 12.4 Å². The van der Waals surface area contributed by atoms with Gasteiger partial charge in [-0.2, -0.15) is 5.26 Å². The highest BCUT2D eigenvalue weighted by Gasteiger charge is 2.08. The normalized spacial score (nSPS) is 12.8. The van der Waals surface area contributed by atoms with Gasteiger partial charge < -0.3 is 25.4 Å². The lowest BCUT2D eigenvalue weighted by Gasteiger charge is -2.12. The molecule has 1 saturated heterocycles. The van der Waals surface area contributed by atoms with E-state index in [0.29, 0.717) is 18.2 Å². The number of pyridine rings is 1. The number of hydrogen-bond acceptors (Lipinski definition) is 9. The third-order valence-electron chi connectivity index (χ3n) is 4.62. The molecule has 0 amide bonds. The minimum absolute atomic E-state index is 0.270. The molecule has 4 rings (SSSR count). The summed E-state index contributed by atoms with van der Waals surface area (Å²) in [6, 6.07) is 12.0. The van der Waals surface area contributed by atoms with E-state index in [-0.39, 0.29) is 5.69 Å². The fourth-order valence-corrected chi connectivity index (χ4v) is 3.01. The largest absolute Gasteiger partial charge is 0.387 e. The molecule has 3 aromatic rings. The van der Waals surface area contributed by atoms with E-state index >= 15 is 0 Å². The Morgan fingerprint density at radius 1 is 1.06 bits per heavy atom. The molecule has 1 aliphatic heterocycles. The van der Waals surface area contributed by atoms with Crippen LogP contribution in [-0.4, -0.2) is 55.4 Å². The van der Waals surface area contributed by atoms with Crippen molar-refractivity contribution < 1.29 is 9.47 Å². The minimum atomic E-state index is 0.270. The van der Waals surface area contributed by atoms with E-state index in [0.717, 1.165) is 48.7 Å². The van der Waals surface area contributed by atoms with Crippen LogP contribution in [0.2, 0.25) is 0 Å². The van der Waals surface area contributed by atoms with E-state index in [9.17, 15) is 0 Å². The van der Waals surface area contributed by atoms with Crippen molar-refractivity contribution >= 4 is 17.3 Å². The number of anilines is 3. The SMILES string of the molecule is C1COCCN1.CNc1cc(Nc2cnc(C#N)cn2)ncc1-c1ccc(COC)cc1. The molecule has 32 heavy (non-hydrogen) atoms. The summed E-state index contributed by atoms with van der Waals surface area (Å²) in [5, 5.41) is 18.2. The third kappa shape index (κ3) is 6.72. The summed E-state index contributed by atoms with van der Waals surface area (Å²) in [5.41, 5.74) is 4.38. The number of nitriles is 1. The molecule has 0 spiro atoms. The number of rotatable bonds is 6. The Morgan fingerprint density at radius 3 is 2.34 bits per heavy atom. The van der Waals surface area contributed by atoms with Crippen molar-refractivity contribution in [2.45, 2.75) is 6.61 Å². The standard InChI is InChI=1S/C19H18N6O.C4H9NO/c1-21-17-7-18(25-19-11-22-15(8-20)9-23-19)24-10-16(17)14-5-3-13(4-6-14)12-26-2;1-3-6-4-2-5-1/h3-7,9-11H,12H2,1-2H3,(H2,21,23,24,25);5H,1-4H2. The van der Waals surface area contributed by atoms with E-state index in [1.807, 2.05) is 43.4 Å². The molecular formula is C23H27N7O2. The maximum atomic E-state index is 8.77. The molecule has 166 valence electrons. The summed E-state index contributed by atoms with van der Waals surface area (Å²) in [4.78, 5) is 12.6. The minimum Gasteiger partial charge on any atom is -0.387 e. The molecule has 3 heterocycles. The number of nitrogens with one attached hydrogen (secondary N) is 3. The average molecular weight is 434 g/mol. The summed E-state index contributed by atoms with van der Waals surface area (Å²) in [7, 11) is 3.55. The van der Waals surface area contributed by atoms with Crippen LogP contribution in [-0.2, 0) is 16.1 Å². The van der Waals surface area contributed by atoms with Crippen molar-refractivity contribution in [3.8, 4) is 17.2 Å². The van der Waals surface area contributed by atoms with Gasteiger partial charge in [0.05, 0.1) is 32.2 Å². The molecule has 0 radical (unpaired) electrons. The topological polar surface area (TPSA) is 117 Å². The van der Waals surface area contributed by atoms with Crippen molar-refractivity contribution in [2.75, 3.05) is 51.1 Å². The summed E-state index contributed by atoms with van der Waals surface area (Å²) < 4.78 is 10.2. The lowest BCUT2D eigenvalue weighted by Crippen LogP contribution is -2.30. The van der Waals surface area contributed by atoms with Crippen molar-refractivity contribution in [2.24, 2.45) is 0 Å². The molecule has 0 atom stereocenters. The molecule has 0 unspecified atom stereocenters. The maximum absolute atomic E-state index is 8.77. The van der Waals surface area contributed by atoms with Gasteiger partial charge in [0.25, 0.3) is 0 Å². The Balaban J connectivity index is 0.000000416. The molecule has 3 N–H and O–H groups in total. The second kappa shape index (κ2) is 12.3. The van der Waals surface area contributed by atoms with Crippen molar-refractivity contribution in [3.05, 3.63) is 60.2 Å². The molecule has 1 fully saturated rings. The zero-order valence-electron chi connectivity index (χ0n) is 18.3.